The SMILES string of the molecule is O=[N+]([O-])c1nc(C(F)F)ccc1I. The standard InChI is InChI=1S/C6H3F2IN2O2/c7-5(8)4-2-1-3(9)6(10-4)11(12)13/h1-2,5H. The number of hydrogen-bond donors (Lipinski definition) is 0. The van der Waals surface area contributed by atoms with Crippen LogP contribution in [0.3, 0.4) is 0 Å². The first-order chi connectivity index (χ1) is 6.02. The van der Waals surface area contributed by atoms with Crippen LogP contribution in [-0.2, 0) is 0 Å². The second-order valence-corrected chi connectivity index (χ2v) is 3.26. The highest BCUT2D eigenvalue weighted by molar-refractivity contribution is 14.1. The summed E-state index contributed by atoms with van der Waals surface area (Å²) < 4.78 is 24.4. The van der Waals surface area contributed by atoms with Gasteiger partial charge in [0.15, 0.2) is 0 Å². The van der Waals surface area contributed by atoms with Crippen molar-refractivity contribution in [3.05, 3.63) is 31.5 Å². The topological polar surface area (TPSA) is 56.0 Å². The molecule has 13 heavy (non-hydrogen) atoms. The molecule has 0 bridgehead atoms. The average molecular weight is 300 g/mol. The van der Waals surface area contributed by atoms with Crippen LogP contribution >= 0.6 is 22.6 Å². The van der Waals surface area contributed by atoms with Crippen LogP contribution in [0.25, 0.3) is 0 Å². The van der Waals surface area contributed by atoms with Crippen molar-refractivity contribution in [3.8, 4) is 0 Å². The Hall–Kier alpha value is -0.860. The molecule has 0 N–H and O–H groups in total. The average Bonchev–Trinajstić information content (AvgIpc) is 2.04. The molecule has 0 radical (unpaired) electrons. The van der Waals surface area contributed by atoms with Gasteiger partial charge < -0.3 is 10.1 Å². The minimum absolute atomic E-state index is 0.243. The molecular formula is C6H3F2IN2O2. The maximum Gasteiger partial charge on any atom is 0.377 e. The number of aromatic nitrogens is 1. The van der Waals surface area contributed by atoms with Gasteiger partial charge in [-0.25, -0.2) is 8.78 Å². The molecule has 0 fully saturated rings. The summed E-state index contributed by atoms with van der Waals surface area (Å²) in [5, 5.41) is 10.3. The number of nitrogens with zero attached hydrogens (tertiary/aromatic N) is 2. The van der Waals surface area contributed by atoms with Crippen LogP contribution in [0.2, 0.25) is 0 Å². The molecule has 1 aromatic heterocycles. The van der Waals surface area contributed by atoms with Gasteiger partial charge in [-0.3, -0.25) is 0 Å². The van der Waals surface area contributed by atoms with Crippen LogP contribution in [0.15, 0.2) is 12.1 Å². The Balaban J connectivity index is 3.19. The summed E-state index contributed by atoms with van der Waals surface area (Å²) in [6.45, 7) is 0. The fourth-order valence-corrected chi connectivity index (χ4v) is 1.19. The van der Waals surface area contributed by atoms with Gasteiger partial charge in [-0.15, -0.1) is 0 Å². The van der Waals surface area contributed by atoms with Gasteiger partial charge >= 0.3 is 12.2 Å². The summed E-state index contributed by atoms with van der Waals surface area (Å²) in [4.78, 5) is 12.7. The van der Waals surface area contributed by atoms with Crippen molar-refractivity contribution in [2.24, 2.45) is 0 Å². The number of hydrogen-bond acceptors (Lipinski definition) is 3. The predicted octanol–water partition coefficient (Wildman–Crippen LogP) is 2.53. The molecule has 0 aliphatic rings. The first kappa shape index (κ1) is 10.2. The molecule has 1 heterocycles. The minimum atomic E-state index is -2.78. The summed E-state index contributed by atoms with van der Waals surface area (Å²) in [5.74, 6) is -0.529. The second-order valence-electron chi connectivity index (χ2n) is 2.10. The predicted molar refractivity (Wildman–Crippen MR) is 48.6 cm³/mol. The lowest BCUT2D eigenvalue weighted by atomic mass is 10.3. The molecule has 0 atom stereocenters. The minimum Gasteiger partial charge on any atom is -0.358 e. The highest BCUT2D eigenvalue weighted by Crippen LogP contribution is 2.23. The van der Waals surface area contributed by atoms with E-state index in [0.717, 1.165) is 6.07 Å². The van der Waals surface area contributed by atoms with Gasteiger partial charge in [0, 0.05) is 0 Å². The Morgan fingerprint density at radius 2 is 2.15 bits per heavy atom. The molecule has 0 amide bonds. The van der Waals surface area contributed by atoms with Crippen molar-refractivity contribution >= 4 is 28.4 Å². The Labute approximate surface area is 85.3 Å². The van der Waals surface area contributed by atoms with Crippen molar-refractivity contribution in [2.45, 2.75) is 6.43 Å². The third kappa shape index (κ3) is 2.29. The molecule has 1 rings (SSSR count). The molecule has 1 aromatic rings. The number of pyridine rings is 1. The summed E-state index contributed by atoms with van der Waals surface area (Å²) in [6, 6.07) is 2.31. The molecule has 0 saturated carbocycles. The van der Waals surface area contributed by atoms with Crippen LogP contribution < -0.4 is 0 Å². The molecule has 4 nitrogen and oxygen atoms in total. The van der Waals surface area contributed by atoms with Gasteiger partial charge in [0.25, 0.3) is 0 Å². The van der Waals surface area contributed by atoms with Gasteiger partial charge in [0.05, 0.1) is 0 Å². The van der Waals surface area contributed by atoms with Crippen LogP contribution in [0.5, 0.6) is 0 Å². The fourth-order valence-electron chi connectivity index (χ4n) is 0.696. The van der Waals surface area contributed by atoms with Crippen LogP contribution in [0.4, 0.5) is 14.6 Å². The van der Waals surface area contributed by atoms with Crippen molar-refractivity contribution in [2.75, 3.05) is 0 Å². The highest BCUT2D eigenvalue weighted by Gasteiger charge is 2.20. The second kappa shape index (κ2) is 3.90. The number of halogens is 3. The highest BCUT2D eigenvalue weighted by atomic mass is 127. The molecule has 0 spiro atoms. The van der Waals surface area contributed by atoms with Crippen molar-refractivity contribution in [1.82, 2.24) is 4.98 Å². The smallest absolute Gasteiger partial charge is 0.358 e. The Morgan fingerprint density at radius 1 is 1.54 bits per heavy atom. The van der Waals surface area contributed by atoms with Crippen molar-refractivity contribution < 1.29 is 13.7 Å². The molecule has 0 aromatic carbocycles. The molecule has 0 saturated heterocycles. The molecule has 0 aliphatic carbocycles. The number of rotatable bonds is 2. The number of alkyl halides is 2. The first-order valence-electron chi connectivity index (χ1n) is 3.11. The van der Waals surface area contributed by atoms with E-state index in [2.05, 4.69) is 4.98 Å². The normalized spacial score (nSPS) is 10.5. The van der Waals surface area contributed by atoms with Crippen LogP contribution in [0.1, 0.15) is 12.1 Å². The van der Waals surface area contributed by atoms with Gasteiger partial charge in [-0.05, 0) is 44.6 Å². The zero-order valence-corrected chi connectivity index (χ0v) is 8.23. The van der Waals surface area contributed by atoms with Gasteiger partial charge in [-0.1, -0.05) is 0 Å². The van der Waals surface area contributed by atoms with E-state index in [0.29, 0.717) is 0 Å². The van der Waals surface area contributed by atoms with E-state index in [1.54, 1.807) is 22.6 Å². The third-order valence-electron chi connectivity index (χ3n) is 1.25. The lowest BCUT2D eigenvalue weighted by Gasteiger charge is -1.97. The number of nitro groups is 1. The van der Waals surface area contributed by atoms with E-state index < -0.39 is 22.9 Å². The van der Waals surface area contributed by atoms with Gasteiger partial charge in [-0.2, -0.15) is 0 Å². The van der Waals surface area contributed by atoms with Gasteiger partial charge in [0.1, 0.15) is 3.57 Å². The van der Waals surface area contributed by atoms with Gasteiger partial charge in [0.2, 0.25) is 5.69 Å². The maximum atomic E-state index is 12.1. The summed E-state index contributed by atoms with van der Waals surface area (Å²) in [5.41, 5.74) is -0.577. The third-order valence-corrected chi connectivity index (χ3v) is 2.09. The van der Waals surface area contributed by atoms with Crippen LogP contribution in [0, 0.1) is 13.7 Å². The lowest BCUT2D eigenvalue weighted by molar-refractivity contribution is -0.390. The fraction of sp³-hybridized carbons (Fsp3) is 0.167. The largest absolute Gasteiger partial charge is 0.377 e. The quantitative estimate of drug-likeness (QED) is 0.479. The maximum absolute atomic E-state index is 12.1. The van der Waals surface area contributed by atoms with E-state index in [1.165, 1.54) is 6.07 Å². The van der Waals surface area contributed by atoms with E-state index >= 15 is 0 Å². The molecule has 0 aliphatic heterocycles. The zero-order valence-electron chi connectivity index (χ0n) is 6.08. The first-order valence-corrected chi connectivity index (χ1v) is 4.19. The Morgan fingerprint density at radius 3 is 2.62 bits per heavy atom. The summed E-state index contributed by atoms with van der Waals surface area (Å²) in [7, 11) is 0. The lowest BCUT2D eigenvalue weighted by Crippen LogP contribution is -1.99. The molecule has 7 heteroatoms. The Bertz CT molecular complexity index is 345. The summed E-state index contributed by atoms with van der Waals surface area (Å²) >= 11 is 1.67. The Kier molecular flexibility index (Phi) is 3.07. The van der Waals surface area contributed by atoms with E-state index in [9.17, 15) is 18.9 Å². The summed E-state index contributed by atoms with van der Waals surface area (Å²) in [6.07, 6.45) is -2.78. The van der Waals surface area contributed by atoms with E-state index in [-0.39, 0.29) is 3.57 Å². The van der Waals surface area contributed by atoms with Crippen molar-refractivity contribution in [1.29, 1.82) is 0 Å². The van der Waals surface area contributed by atoms with E-state index in [4.69, 9.17) is 0 Å². The monoisotopic (exact) mass is 300 g/mol. The molecule has 0 unspecified atom stereocenters. The molecular weight excluding hydrogens is 297 g/mol. The van der Waals surface area contributed by atoms with Crippen LogP contribution in [-0.4, -0.2) is 9.91 Å². The van der Waals surface area contributed by atoms with Crippen molar-refractivity contribution in [3.63, 3.8) is 0 Å². The van der Waals surface area contributed by atoms with E-state index in [1.807, 2.05) is 0 Å². The molecule has 70 valence electrons. The zero-order chi connectivity index (χ0) is 10.0.